The molecular weight excluding hydrogens is 510 g/mol. The van der Waals surface area contributed by atoms with E-state index in [1.807, 2.05) is 0 Å². The van der Waals surface area contributed by atoms with Crippen LogP contribution < -0.4 is 0 Å². The Kier molecular flexibility index (Phi) is 5.50. The van der Waals surface area contributed by atoms with Gasteiger partial charge in [-0.15, -0.1) is 5.10 Å². The number of fused-ring (bicyclic) bond motifs is 5. The molecule has 1 aromatic carbocycles. The van der Waals surface area contributed by atoms with E-state index in [4.69, 9.17) is 4.98 Å². The average Bonchev–Trinajstić information content (AvgIpc) is 3.50. The maximum Gasteiger partial charge on any atom is 0.172 e. The first kappa shape index (κ1) is 24.7. The van der Waals surface area contributed by atoms with Gasteiger partial charge in [-0.25, -0.2) is 26.9 Å². The fourth-order valence-corrected chi connectivity index (χ4v) is 6.92. The molecule has 38 heavy (non-hydrogen) atoms. The van der Waals surface area contributed by atoms with Gasteiger partial charge in [0, 0.05) is 25.1 Å². The molecular formula is C27H26F2N6O2S. The Bertz CT molecular complexity index is 1670. The van der Waals surface area contributed by atoms with Crippen LogP contribution in [0.2, 0.25) is 0 Å². The van der Waals surface area contributed by atoms with E-state index >= 15 is 0 Å². The van der Waals surface area contributed by atoms with Gasteiger partial charge >= 0.3 is 0 Å². The van der Waals surface area contributed by atoms with Crippen LogP contribution in [0.5, 0.6) is 0 Å². The predicted octanol–water partition coefficient (Wildman–Crippen LogP) is 4.19. The summed E-state index contributed by atoms with van der Waals surface area (Å²) in [7, 11) is -3.10. The SMILES string of the molecule is CC1(C)[C@H]2CC[C@]1(c1cncc(-n3ccc(CCS(C)(=O)=O)n3)n1)c1nnc(-c3c(F)cccc3F)cc12. The molecule has 0 aliphatic heterocycles. The van der Waals surface area contributed by atoms with E-state index in [1.54, 1.807) is 35.4 Å². The van der Waals surface area contributed by atoms with Gasteiger partial charge in [0.1, 0.15) is 21.5 Å². The molecule has 2 aliphatic carbocycles. The second-order valence-corrected chi connectivity index (χ2v) is 13.0. The first-order valence-electron chi connectivity index (χ1n) is 12.4. The minimum Gasteiger partial charge on any atom is -0.259 e. The zero-order valence-corrected chi connectivity index (χ0v) is 22.0. The third-order valence-electron chi connectivity index (χ3n) is 8.27. The first-order valence-corrected chi connectivity index (χ1v) is 14.4. The number of benzene rings is 1. The summed E-state index contributed by atoms with van der Waals surface area (Å²) >= 11 is 0. The molecule has 3 heterocycles. The van der Waals surface area contributed by atoms with Gasteiger partial charge in [0.2, 0.25) is 0 Å². The normalized spacial score (nSPS) is 21.6. The van der Waals surface area contributed by atoms with E-state index in [9.17, 15) is 17.2 Å². The third kappa shape index (κ3) is 3.66. The molecule has 6 rings (SSSR count). The van der Waals surface area contributed by atoms with E-state index in [0.717, 1.165) is 29.8 Å². The monoisotopic (exact) mass is 536 g/mol. The van der Waals surface area contributed by atoms with Gasteiger partial charge in [-0.2, -0.15) is 10.2 Å². The maximum absolute atomic E-state index is 14.5. The van der Waals surface area contributed by atoms with Gasteiger partial charge < -0.3 is 0 Å². The van der Waals surface area contributed by atoms with Gasteiger partial charge in [-0.3, -0.25) is 4.98 Å². The Morgan fingerprint density at radius 3 is 2.61 bits per heavy atom. The first-order chi connectivity index (χ1) is 18.0. The third-order valence-corrected chi connectivity index (χ3v) is 9.21. The summed E-state index contributed by atoms with van der Waals surface area (Å²) in [4.78, 5) is 9.42. The van der Waals surface area contributed by atoms with Crippen molar-refractivity contribution in [2.45, 2.75) is 44.4 Å². The van der Waals surface area contributed by atoms with E-state index in [2.05, 4.69) is 34.1 Å². The summed E-state index contributed by atoms with van der Waals surface area (Å²) in [5.74, 6) is -0.717. The number of nitrogens with zero attached hydrogens (tertiary/aromatic N) is 6. The number of aryl methyl sites for hydroxylation is 1. The molecule has 1 fully saturated rings. The highest BCUT2D eigenvalue weighted by molar-refractivity contribution is 7.90. The van der Waals surface area contributed by atoms with Crippen molar-refractivity contribution in [3.05, 3.63) is 83.2 Å². The van der Waals surface area contributed by atoms with Crippen LogP contribution in [0.4, 0.5) is 8.78 Å². The summed E-state index contributed by atoms with van der Waals surface area (Å²) in [6, 6.07) is 7.31. The Morgan fingerprint density at radius 1 is 1.11 bits per heavy atom. The molecule has 0 saturated heterocycles. The number of halogens is 2. The predicted molar refractivity (Wildman–Crippen MR) is 136 cm³/mol. The quantitative estimate of drug-likeness (QED) is 0.364. The molecule has 2 bridgehead atoms. The number of rotatable bonds is 6. The molecule has 0 amide bonds. The minimum absolute atomic E-state index is 0.0165. The van der Waals surface area contributed by atoms with Crippen molar-refractivity contribution < 1.29 is 17.2 Å². The van der Waals surface area contributed by atoms with E-state index in [1.165, 1.54) is 24.5 Å². The van der Waals surface area contributed by atoms with Gasteiger partial charge in [0.25, 0.3) is 0 Å². The number of hydrogen-bond acceptors (Lipinski definition) is 7. The molecule has 2 atom stereocenters. The molecule has 0 radical (unpaired) electrons. The summed E-state index contributed by atoms with van der Waals surface area (Å²) in [5.41, 5.74) is 2.19. The molecule has 3 aromatic heterocycles. The lowest BCUT2D eigenvalue weighted by atomic mass is 9.66. The zero-order valence-electron chi connectivity index (χ0n) is 21.2. The Balaban J connectivity index is 1.41. The van der Waals surface area contributed by atoms with Crippen molar-refractivity contribution in [2.24, 2.45) is 5.41 Å². The molecule has 196 valence electrons. The van der Waals surface area contributed by atoms with Crippen LogP contribution in [0.25, 0.3) is 17.1 Å². The second kappa shape index (κ2) is 8.45. The lowest BCUT2D eigenvalue weighted by molar-refractivity contribution is 0.242. The number of sulfone groups is 1. The topological polar surface area (TPSA) is 104 Å². The van der Waals surface area contributed by atoms with Crippen molar-refractivity contribution in [3.63, 3.8) is 0 Å². The van der Waals surface area contributed by atoms with Gasteiger partial charge in [0.15, 0.2) is 5.82 Å². The van der Waals surface area contributed by atoms with Crippen molar-refractivity contribution in [3.8, 4) is 17.1 Å². The highest BCUT2D eigenvalue weighted by Crippen LogP contribution is 2.69. The van der Waals surface area contributed by atoms with Gasteiger partial charge in [-0.05, 0) is 54.0 Å². The molecule has 0 unspecified atom stereocenters. The summed E-state index contributed by atoms with van der Waals surface area (Å²) < 4.78 is 53.7. The fourth-order valence-electron chi connectivity index (χ4n) is 6.34. The summed E-state index contributed by atoms with van der Waals surface area (Å²) in [6.45, 7) is 4.34. The Hall–Kier alpha value is -3.60. The van der Waals surface area contributed by atoms with Crippen LogP contribution >= 0.6 is 0 Å². The zero-order chi connectivity index (χ0) is 26.9. The molecule has 8 nitrogen and oxygen atoms in total. The summed E-state index contributed by atoms with van der Waals surface area (Å²) in [6.07, 6.45) is 8.26. The van der Waals surface area contributed by atoms with Crippen LogP contribution in [0.1, 0.15) is 55.3 Å². The summed E-state index contributed by atoms with van der Waals surface area (Å²) in [5, 5.41) is 13.3. The Labute approximate surface area is 219 Å². The van der Waals surface area contributed by atoms with Crippen LogP contribution in [-0.4, -0.2) is 50.4 Å². The van der Waals surface area contributed by atoms with E-state index in [-0.39, 0.29) is 28.3 Å². The second-order valence-electron chi connectivity index (χ2n) is 10.7. The minimum atomic E-state index is -3.10. The van der Waals surface area contributed by atoms with Crippen molar-refractivity contribution >= 4 is 9.84 Å². The van der Waals surface area contributed by atoms with Crippen LogP contribution in [0.15, 0.2) is 48.9 Å². The van der Waals surface area contributed by atoms with Crippen molar-refractivity contribution in [2.75, 3.05) is 12.0 Å². The van der Waals surface area contributed by atoms with E-state index in [0.29, 0.717) is 17.9 Å². The highest BCUT2D eigenvalue weighted by Gasteiger charge is 2.65. The van der Waals surface area contributed by atoms with E-state index < -0.39 is 26.9 Å². The van der Waals surface area contributed by atoms with Crippen molar-refractivity contribution in [1.82, 2.24) is 29.9 Å². The molecule has 11 heteroatoms. The Morgan fingerprint density at radius 2 is 1.87 bits per heavy atom. The average molecular weight is 537 g/mol. The van der Waals surface area contributed by atoms with Crippen LogP contribution in [-0.2, 0) is 21.7 Å². The smallest absolute Gasteiger partial charge is 0.172 e. The molecule has 1 saturated carbocycles. The number of hydrogen-bond donors (Lipinski definition) is 0. The van der Waals surface area contributed by atoms with Crippen molar-refractivity contribution in [1.29, 1.82) is 0 Å². The van der Waals surface area contributed by atoms with Gasteiger partial charge in [0.05, 0.1) is 45.7 Å². The number of aromatic nitrogens is 6. The van der Waals surface area contributed by atoms with Crippen LogP contribution in [0.3, 0.4) is 0 Å². The molecule has 4 aromatic rings. The van der Waals surface area contributed by atoms with Gasteiger partial charge in [-0.1, -0.05) is 19.9 Å². The lowest BCUT2D eigenvalue weighted by Gasteiger charge is -2.37. The maximum atomic E-state index is 14.5. The molecule has 2 aliphatic rings. The molecule has 0 N–H and O–H groups in total. The fraction of sp³-hybridized carbons (Fsp3) is 0.370. The molecule has 0 spiro atoms. The highest BCUT2D eigenvalue weighted by atomic mass is 32.2. The standard InChI is InChI=1S/C27H26F2N6O2S/c1-26(2)18-7-10-27(26,25-17(18)13-21(32-33-25)24-19(28)5-4-6-20(24)29)22-14-30-15-23(31-22)35-11-8-16(34-35)9-12-38(3,36)37/h4-6,8,11,13-15,18H,7,9-10,12H2,1-3H3/t18-,27-/m0/s1. The lowest BCUT2D eigenvalue weighted by Crippen LogP contribution is -2.38. The van der Waals surface area contributed by atoms with Crippen LogP contribution in [0, 0.1) is 17.0 Å². The largest absolute Gasteiger partial charge is 0.259 e.